The van der Waals surface area contributed by atoms with E-state index >= 15 is 0 Å². The molecule has 0 bridgehead atoms. The summed E-state index contributed by atoms with van der Waals surface area (Å²) in [5.41, 5.74) is 0.562. The number of carbonyl (C=O) groups excluding carboxylic acids is 1. The zero-order chi connectivity index (χ0) is 12.0. The van der Waals surface area contributed by atoms with Crippen LogP contribution in [0, 0.1) is 0 Å². The molecular weight excluding hydrogens is 229 g/mol. The van der Waals surface area contributed by atoms with Gasteiger partial charge in [-0.25, -0.2) is 0 Å². The summed E-state index contributed by atoms with van der Waals surface area (Å²) in [6, 6.07) is 7.07. The van der Waals surface area contributed by atoms with Crippen LogP contribution in [0.2, 0.25) is 0 Å². The Balaban J connectivity index is 0.00000256. The Bertz CT molecular complexity index is 400. The summed E-state index contributed by atoms with van der Waals surface area (Å²) in [5.74, 6) is -0.138. The number of allylic oxidation sites excluding steroid dienone is 1. The SMILES string of the molecule is CCOc1ccccc1NC(=O)/C=C(/C)[O-].[Na+]. The summed E-state index contributed by atoms with van der Waals surface area (Å²) >= 11 is 0. The molecule has 0 spiro atoms. The first-order valence-corrected chi connectivity index (χ1v) is 5.01. The van der Waals surface area contributed by atoms with E-state index in [1.54, 1.807) is 18.2 Å². The van der Waals surface area contributed by atoms with Crippen molar-refractivity contribution in [2.45, 2.75) is 13.8 Å². The maximum atomic E-state index is 11.3. The quantitative estimate of drug-likeness (QED) is 0.389. The van der Waals surface area contributed by atoms with Crippen molar-refractivity contribution >= 4 is 11.6 Å². The van der Waals surface area contributed by atoms with Gasteiger partial charge in [-0.3, -0.25) is 4.79 Å². The summed E-state index contributed by atoms with van der Waals surface area (Å²) in [4.78, 5) is 11.3. The summed E-state index contributed by atoms with van der Waals surface area (Å²) in [6.07, 6.45) is 1.00. The second-order valence-corrected chi connectivity index (χ2v) is 3.17. The van der Waals surface area contributed by atoms with Gasteiger partial charge in [0.15, 0.2) is 0 Å². The third-order valence-corrected chi connectivity index (χ3v) is 1.78. The van der Waals surface area contributed by atoms with Crippen LogP contribution in [0.1, 0.15) is 13.8 Å². The molecule has 0 aliphatic rings. The summed E-state index contributed by atoms with van der Waals surface area (Å²) < 4.78 is 5.33. The molecule has 1 aromatic rings. The maximum absolute atomic E-state index is 11.3. The van der Waals surface area contributed by atoms with Gasteiger partial charge < -0.3 is 15.2 Å². The summed E-state index contributed by atoms with van der Waals surface area (Å²) in [5, 5.41) is 13.3. The van der Waals surface area contributed by atoms with Gasteiger partial charge in [-0.15, -0.1) is 5.76 Å². The van der Waals surface area contributed by atoms with Gasteiger partial charge in [0.1, 0.15) is 5.75 Å². The Morgan fingerprint density at radius 3 is 2.71 bits per heavy atom. The number of nitrogens with one attached hydrogen (secondary N) is 1. The second kappa shape index (κ2) is 8.17. The van der Waals surface area contributed by atoms with Crippen LogP contribution < -0.4 is 44.7 Å². The van der Waals surface area contributed by atoms with Gasteiger partial charge in [0.2, 0.25) is 5.91 Å². The number of carbonyl (C=O) groups is 1. The van der Waals surface area contributed by atoms with Crippen LogP contribution in [0.15, 0.2) is 36.1 Å². The number of hydrogen-bond acceptors (Lipinski definition) is 3. The van der Waals surface area contributed by atoms with Crippen molar-refractivity contribution < 1.29 is 44.2 Å². The van der Waals surface area contributed by atoms with Gasteiger partial charge in [-0.05, 0) is 25.1 Å². The predicted octanol–water partition coefficient (Wildman–Crippen LogP) is -1.71. The van der Waals surface area contributed by atoms with Gasteiger partial charge >= 0.3 is 29.6 Å². The smallest absolute Gasteiger partial charge is 0.875 e. The molecule has 1 N–H and O–H groups in total. The van der Waals surface area contributed by atoms with E-state index in [0.29, 0.717) is 18.0 Å². The fourth-order valence-electron chi connectivity index (χ4n) is 1.20. The minimum absolute atomic E-state index is 0. The van der Waals surface area contributed by atoms with Crippen LogP contribution >= 0.6 is 0 Å². The average molecular weight is 243 g/mol. The van der Waals surface area contributed by atoms with Gasteiger partial charge in [-0.1, -0.05) is 19.1 Å². The first kappa shape index (κ1) is 16.0. The number of anilines is 1. The van der Waals surface area contributed by atoms with E-state index in [0.717, 1.165) is 6.08 Å². The topological polar surface area (TPSA) is 61.4 Å². The number of hydrogen-bond donors (Lipinski definition) is 1. The molecule has 5 heteroatoms. The van der Waals surface area contributed by atoms with Gasteiger partial charge in [-0.2, -0.15) is 0 Å². The molecule has 4 nitrogen and oxygen atoms in total. The van der Waals surface area contributed by atoms with E-state index in [4.69, 9.17) is 4.74 Å². The van der Waals surface area contributed by atoms with Crippen LogP contribution in [0.5, 0.6) is 5.75 Å². The molecule has 0 saturated carbocycles. The van der Waals surface area contributed by atoms with E-state index < -0.39 is 5.91 Å². The standard InChI is InChI=1S/C12H15NO3.Na/c1-3-16-11-7-5-4-6-10(11)13-12(15)8-9(2)14;/h4-8,14H,3H2,1-2H3,(H,13,15);/q;+1/p-1/b9-8-;. The molecule has 0 heterocycles. The van der Waals surface area contributed by atoms with Crippen molar-refractivity contribution in [3.8, 4) is 5.75 Å². The average Bonchev–Trinajstić information content (AvgIpc) is 2.20. The first-order valence-electron chi connectivity index (χ1n) is 5.01. The molecule has 1 rings (SSSR count). The maximum Gasteiger partial charge on any atom is 1.00 e. The number of para-hydroxylation sites is 2. The normalized spacial score (nSPS) is 10.4. The zero-order valence-electron chi connectivity index (χ0n) is 10.3. The molecule has 0 radical (unpaired) electrons. The fourth-order valence-corrected chi connectivity index (χ4v) is 1.20. The molecule has 0 atom stereocenters. The molecule has 0 fully saturated rings. The van der Waals surface area contributed by atoms with Crippen LogP contribution in [-0.2, 0) is 4.79 Å². The summed E-state index contributed by atoms with van der Waals surface area (Å²) in [6.45, 7) is 3.71. The van der Waals surface area contributed by atoms with Crippen molar-refractivity contribution in [1.82, 2.24) is 0 Å². The van der Waals surface area contributed by atoms with Gasteiger partial charge in [0.05, 0.1) is 12.3 Å². The van der Waals surface area contributed by atoms with Crippen molar-refractivity contribution in [2.75, 3.05) is 11.9 Å². The first-order chi connectivity index (χ1) is 7.63. The third-order valence-electron chi connectivity index (χ3n) is 1.78. The number of amides is 1. The number of ether oxygens (including phenoxy) is 1. The molecule has 1 amide bonds. The van der Waals surface area contributed by atoms with E-state index in [1.807, 2.05) is 13.0 Å². The summed E-state index contributed by atoms with van der Waals surface area (Å²) in [7, 11) is 0. The van der Waals surface area contributed by atoms with Gasteiger partial charge in [0.25, 0.3) is 0 Å². The van der Waals surface area contributed by atoms with Crippen molar-refractivity contribution in [2.24, 2.45) is 0 Å². The van der Waals surface area contributed by atoms with Crippen molar-refractivity contribution in [3.63, 3.8) is 0 Å². The molecule has 86 valence electrons. The largest absolute Gasteiger partial charge is 1.00 e. The molecule has 1 aromatic carbocycles. The molecule has 0 aliphatic heterocycles. The van der Waals surface area contributed by atoms with Crippen LogP contribution in [0.3, 0.4) is 0 Å². The molecule has 17 heavy (non-hydrogen) atoms. The Kier molecular flexibility index (Phi) is 7.70. The van der Waals surface area contributed by atoms with E-state index in [9.17, 15) is 9.90 Å². The second-order valence-electron chi connectivity index (χ2n) is 3.17. The molecular formula is C12H14NNaO3. The molecule has 0 unspecified atom stereocenters. The van der Waals surface area contributed by atoms with E-state index in [2.05, 4.69) is 5.32 Å². The van der Waals surface area contributed by atoms with Crippen LogP contribution in [-0.4, -0.2) is 12.5 Å². The van der Waals surface area contributed by atoms with Crippen LogP contribution in [0.25, 0.3) is 0 Å². The molecule has 0 aromatic heterocycles. The van der Waals surface area contributed by atoms with Gasteiger partial charge in [0, 0.05) is 0 Å². The molecule has 0 saturated heterocycles. The Hall–Kier alpha value is -0.970. The Labute approximate surface area is 123 Å². The third kappa shape index (κ3) is 5.77. The molecule has 0 aliphatic carbocycles. The predicted molar refractivity (Wildman–Crippen MR) is 60.0 cm³/mol. The Morgan fingerprint density at radius 1 is 1.47 bits per heavy atom. The number of rotatable bonds is 4. The van der Waals surface area contributed by atoms with Crippen molar-refractivity contribution in [1.29, 1.82) is 0 Å². The Morgan fingerprint density at radius 2 is 2.12 bits per heavy atom. The van der Waals surface area contributed by atoms with E-state index in [-0.39, 0.29) is 35.3 Å². The fraction of sp³-hybridized carbons (Fsp3) is 0.250. The minimum Gasteiger partial charge on any atom is -0.875 e. The minimum atomic E-state index is -0.445. The van der Waals surface area contributed by atoms with Crippen molar-refractivity contribution in [3.05, 3.63) is 36.1 Å². The van der Waals surface area contributed by atoms with Crippen LogP contribution in [0.4, 0.5) is 5.69 Å². The van der Waals surface area contributed by atoms with E-state index in [1.165, 1.54) is 6.92 Å². The monoisotopic (exact) mass is 243 g/mol. The number of benzene rings is 1. The zero-order valence-corrected chi connectivity index (χ0v) is 12.3.